The Balaban J connectivity index is 0.00000729. The minimum atomic E-state index is 0. The molecule has 28 heavy (non-hydrogen) atoms. The van der Waals surface area contributed by atoms with Crippen molar-refractivity contribution in [1.82, 2.24) is 4.48 Å². The first-order chi connectivity index (χ1) is 13.1. The molecule has 162 valence electrons. The second-order valence-corrected chi connectivity index (χ2v) is 8.82. The van der Waals surface area contributed by atoms with E-state index in [-0.39, 0.29) is 12.4 Å². The molecule has 0 amide bonds. The highest BCUT2D eigenvalue weighted by atomic mass is 35.5. The lowest BCUT2D eigenvalue weighted by molar-refractivity contribution is -0.00000603. The van der Waals surface area contributed by atoms with Gasteiger partial charge in [-0.2, -0.15) is 0 Å². The maximum atomic E-state index is 3.87. The highest BCUT2D eigenvalue weighted by Crippen LogP contribution is 2.20. The zero-order valence-corrected chi connectivity index (χ0v) is 19.8. The van der Waals surface area contributed by atoms with Gasteiger partial charge in [0, 0.05) is 0 Å². The van der Waals surface area contributed by atoms with E-state index in [0.29, 0.717) is 0 Å². The summed E-state index contributed by atoms with van der Waals surface area (Å²) in [6, 6.07) is 9.22. The number of halogens is 1. The monoisotopic (exact) mass is 407 g/mol. The number of likely N-dealkylation sites (N-methyl/N-ethyl adjacent to an activating group) is 1. The Hall–Kier alpha value is -0.790. The normalized spacial score (nSPS) is 11.2. The van der Waals surface area contributed by atoms with E-state index < -0.39 is 0 Å². The van der Waals surface area contributed by atoms with Gasteiger partial charge in [-0.1, -0.05) is 103 Å². The van der Waals surface area contributed by atoms with Gasteiger partial charge in [0.2, 0.25) is 0 Å². The summed E-state index contributed by atoms with van der Waals surface area (Å²) in [6.45, 7) is 7.14. The molecule has 0 N–H and O–H groups in total. The fourth-order valence-corrected chi connectivity index (χ4v) is 3.84. The van der Waals surface area contributed by atoms with Crippen LogP contribution in [0.15, 0.2) is 36.9 Å². The van der Waals surface area contributed by atoms with Crippen LogP contribution in [0.3, 0.4) is 0 Å². The molecule has 1 rings (SSSR count). The third kappa shape index (κ3) is 12.6. The predicted molar refractivity (Wildman–Crippen MR) is 125 cm³/mol. The van der Waals surface area contributed by atoms with Crippen molar-refractivity contribution in [3.05, 3.63) is 42.5 Å². The van der Waals surface area contributed by atoms with Crippen molar-refractivity contribution < 1.29 is 12.4 Å². The van der Waals surface area contributed by atoms with Crippen LogP contribution in [0.1, 0.15) is 96.0 Å². The van der Waals surface area contributed by atoms with Crippen molar-refractivity contribution in [1.29, 1.82) is 0 Å². The molecule has 0 bridgehead atoms. The van der Waals surface area contributed by atoms with Gasteiger partial charge >= 0.3 is 0 Å². The standard InChI is InChI=1S/C26H46N.ClH/c1-5-7-8-9-10-11-12-13-14-15-16-17-18-19-25-20-22-26(23-21-25)27(3,4)24-6-2;/h6,20-23H,2,5,7-19,24H2,1,3-4H3;1H/q+1;/p-1. The molecule has 0 saturated carbocycles. The average Bonchev–Trinajstić information content (AvgIpc) is 2.66. The molecule has 0 fully saturated rings. The first-order valence-corrected chi connectivity index (χ1v) is 11.6. The molecule has 2 heteroatoms. The first kappa shape index (κ1) is 27.2. The molecular weight excluding hydrogens is 362 g/mol. The molecule has 0 radical (unpaired) electrons. The van der Waals surface area contributed by atoms with Gasteiger partial charge in [0.05, 0.1) is 14.1 Å². The zero-order chi connectivity index (χ0) is 19.8. The van der Waals surface area contributed by atoms with Crippen LogP contribution in [0, 0.1) is 0 Å². The van der Waals surface area contributed by atoms with E-state index in [1.54, 1.807) is 0 Å². The fraction of sp³-hybridized carbons (Fsp3) is 0.692. The minimum Gasteiger partial charge on any atom is -1.00 e. The Bertz CT molecular complexity index is 478. The van der Waals surface area contributed by atoms with Crippen LogP contribution in [-0.4, -0.2) is 20.6 Å². The number of aryl methyl sites for hydroxylation is 1. The van der Waals surface area contributed by atoms with Crippen LogP contribution in [-0.2, 0) is 6.42 Å². The maximum Gasteiger partial charge on any atom is 0.132 e. The molecule has 0 aliphatic carbocycles. The predicted octanol–water partition coefficient (Wildman–Crippen LogP) is 5.08. The topological polar surface area (TPSA) is 0 Å². The molecule has 1 aromatic carbocycles. The molecule has 1 nitrogen and oxygen atoms in total. The minimum absolute atomic E-state index is 0. The highest BCUT2D eigenvalue weighted by Gasteiger charge is 2.16. The van der Waals surface area contributed by atoms with Gasteiger partial charge in [-0.15, -0.1) is 0 Å². The molecule has 0 unspecified atom stereocenters. The second kappa shape index (κ2) is 17.1. The Kier molecular flexibility index (Phi) is 16.6. The number of rotatable bonds is 17. The highest BCUT2D eigenvalue weighted by molar-refractivity contribution is 5.43. The number of hydrogen-bond acceptors (Lipinski definition) is 0. The average molecular weight is 408 g/mol. The Morgan fingerprint density at radius 1 is 0.714 bits per heavy atom. The smallest absolute Gasteiger partial charge is 0.132 e. The Morgan fingerprint density at radius 2 is 1.14 bits per heavy atom. The summed E-state index contributed by atoms with van der Waals surface area (Å²) < 4.78 is 0.878. The van der Waals surface area contributed by atoms with Crippen molar-refractivity contribution in [2.24, 2.45) is 0 Å². The van der Waals surface area contributed by atoms with E-state index in [1.807, 2.05) is 6.08 Å². The summed E-state index contributed by atoms with van der Waals surface area (Å²) in [5.74, 6) is 0. The second-order valence-electron chi connectivity index (χ2n) is 8.82. The van der Waals surface area contributed by atoms with Crippen molar-refractivity contribution in [3.63, 3.8) is 0 Å². The lowest BCUT2D eigenvalue weighted by atomic mass is 10.0. The maximum absolute atomic E-state index is 3.87. The van der Waals surface area contributed by atoms with Gasteiger partial charge in [0.1, 0.15) is 12.2 Å². The zero-order valence-electron chi connectivity index (χ0n) is 19.0. The van der Waals surface area contributed by atoms with Gasteiger partial charge < -0.3 is 12.4 Å². The van der Waals surface area contributed by atoms with Crippen LogP contribution >= 0.6 is 0 Å². The van der Waals surface area contributed by atoms with Crippen molar-refractivity contribution >= 4 is 5.69 Å². The van der Waals surface area contributed by atoms with Crippen molar-refractivity contribution in [2.75, 3.05) is 20.6 Å². The van der Waals surface area contributed by atoms with Crippen LogP contribution in [0.4, 0.5) is 5.69 Å². The quantitative estimate of drug-likeness (QED) is 0.192. The molecule has 0 atom stereocenters. The van der Waals surface area contributed by atoms with E-state index in [4.69, 9.17) is 0 Å². The first-order valence-electron chi connectivity index (χ1n) is 11.6. The van der Waals surface area contributed by atoms with Gasteiger partial charge in [0.15, 0.2) is 0 Å². The van der Waals surface area contributed by atoms with Gasteiger partial charge in [0.25, 0.3) is 0 Å². The number of quaternary nitrogens is 1. The van der Waals surface area contributed by atoms with Crippen molar-refractivity contribution in [2.45, 2.75) is 96.8 Å². The lowest BCUT2D eigenvalue weighted by Crippen LogP contribution is -3.00. The summed E-state index contributed by atoms with van der Waals surface area (Å²) in [5, 5.41) is 0. The van der Waals surface area contributed by atoms with Crippen LogP contribution in [0.25, 0.3) is 0 Å². The van der Waals surface area contributed by atoms with Crippen LogP contribution in [0.5, 0.6) is 0 Å². The summed E-state index contributed by atoms with van der Waals surface area (Å²) in [5.41, 5.74) is 2.85. The molecule has 0 aromatic heterocycles. The van der Waals surface area contributed by atoms with E-state index >= 15 is 0 Å². The van der Waals surface area contributed by atoms with E-state index in [1.165, 1.54) is 101 Å². The summed E-state index contributed by atoms with van der Waals surface area (Å²) >= 11 is 0. The number of hydrogen-bond donors (Lipinski definition) is 0. The fourth-order valence-electron chi connectivity index (χ4n) is 3.84. The Morgan fingerprint density at radius 3 is 1.57 bits per heavy atom. The van der Waals surface area contributed by atoms with Crippen LogP contribution < -0.4 is 16.9 Å². The van der Waals surface area contributed by atoms with E-state index in [9.17, 15) is 0 Å². The van der Waals surface area contributed by atoms with Gasteiger partial charge in [-0.05, 0) is 36.6 Å². The largest absolute Gasteiger partial charge is 1.00 e. The summed E-state index contributed by atoms with van der Waals surface area (Å²) in [7, 11) is 4.48. The molecule has 0 saturated heterocycles. The van der Waals surface area contributed by atoms with Gasteiger partial charge in [-0.3, -0.25) is 4.48 Å². The third-order valence-electron chi connectivity index (χ3n) is 5.79. The third-order valence-corrected chi connectivity index (χ3v) is 5.79. The van der Waals surface area contributed by atoms with E-state index in [2.05, 4.69) is 51.9 Å². The number of unbranched alkanes of at least 4 members (excludes halogenated alkanes) is 12. The van der Waals surface area contributed by atoms with Gasteiger partial charge in [-0.25, -0.2) is 0 Å². The summed E-state index contributed by atoms with van der Waals surface area (Å²) in [4.78, 5) is 0. The lowest BCUT2D eigenvalue weighted by Gasteiger charge is -2.27. The van der Waals surface area contributed by atoms with Crippen molar-refractivity contribution in [3.8, 4) is 0 Å². The SMILES string of the molecule is C=CC[N+](C)(C)c1ccc(CCCCCCCCCCCCCCC)cc1.[Cl-]. The van der Waals surface area contributed by atoms with E-state index in [0.717, 1.165) is 11.0 Å². The molecule has 0 heterocycles. The summed E-state index contributed by atoms with van der Waals surface area (Å²) in [6.07, 6.45) is 21.8. The molecule has 0 aliphatic heterocycles. The van der Waals surface area contributed by atoms with Crippen LogP contribution in [0.2, 0.25) is 0 Å². The number of nitrogens with zero attached hydrogens (tertiary/aromatic N) is 1. The molecule has 1 aromatic rings. The Labute approximate surface area is 182 Å². The molecular formula is C26H46ClN. The number of benzene rings is 1. The molecule has 0 aliphatic rings. The molecule has 0 spiro atoms.